The fourth-order valence-electron chi connectivity index (χ4n) is 2.20. The maximum absolute atomic E-state index is 12.2. The maximum atomic E-state index is 12.2. The summed E-state index contributed by atoms with van der Waals surface area (Å²) in [6, 6.07) is 7.87. The smallest absolute Gasteiger partial charge is 0.232 e. The van der Waals surface area contributed by atoms with Crippen molar-refractivity contribution < 1.29 is 4.79 Å². The zero-order valence-electron chi connectivity index (χ0n) is 12.0. The number of nitrogens with zero attached hydrogens (tertiary/aromatic N) is 3. The minimum Gasteiger partial charge on any atom is -0.295 e. The van der Waals surface area contributed by atoms with Gasteiger partial charge in [-0.05, 0) is 12.1 Å². The molecule has 2 heterocycles. The summed E-state index contributed by atoms with van der Waals surface area (Å²) in [6.45, 7) is 7.15. The third kappa shape index (κ3) is 2.09. The van der Waals surface area contributed by atoms with Crippen molar-refractivity contribution in [2.45, 2.75) is 20.8 Å². The largest absolute Gasteiger partial charge is 0.295 e. The fourth-order valence-corrected chi connectivity index (χ4v) is 2.20. The minimum absolute atomic E-state index is 0.0399. The highest BCUT2D eigenvalue weighted by molar-refractivity contribution is 6.18. The lowest BCUT2D eigenvalue weighted by atomic mass is 9.96. The lowest BCUT2D eigenvalue weighted by molar-refractivity contribution is -0.127. The van der Waals surface area contributed by atoms with Crippen LogP contribution in [0.2, 0.25) is 0 Å². The first-order valence-corrected chi connectivity index (χ1v) is 6.78. The van der Waals surface area contributed by atoms with Gasteiger partial charge < -0.3 is 0 Å². The van der Waals surface area contributed by atoms with Gasteiger partial charge in [-0.1, -0.05) is 32.9 Å². The fraction of sp³-hybridized carbons (Fsp3) is 0.400. The highest BCUT2D eigenvalue weighted by Crippen LogP contribution is 2.28. The Hall–Kier alpha value is -2.17. The Kier molecular flexibility index (Phi) is 2.85. The van der Waals surface area contributed by atoms with Gasteiger partial charge in [-0.2, -0.15) is 0 Å². The number of carbonyl (C=O) groups is 1. The van der Waals surface area contributed by atoms with E-state index in [0.717, 1.165) is 30.2 Å². The van der Waals surface area contributed by atoms with Crippen LogP contribution in [0.25, 0.3) is 0 Å². The van der Waals surface area contributed by atoms with Crippen LogP contribution < -0.4 is 5.32 Å². The molecule has 0 fully saturated rings. The minimum atomic E-state index is -0.448. The SMILES string of the molecule is CC(C)(C)C(=O)NC1=Nc2ccccc2C2=NCCN12. The van der Waals surface area contributed by atoms with Crippen LogP contribution in [-0.4, -0.2) is 35.7 Å². The summed E-state index contributed by atoms with van der Waals surface area (Å²) in [4.78, 5) is 23.3. The number of hydrogen-bond donors (Lipinski definition) is 1. The van der Waals surface area contributed by atoms with Gasteiger partial charge in [-0.15, -0.1) is 0 Å². The van der Waals surface area contributed by atoms with Gasteiger partial charge >= 0.3 is 0 Å². The Balaban J connectivity index is 1.98. The van der Waals surface area contributed by atoms with E-state index in [1.807, 2.05) is 49.9 Å². The third-order valence-electron chi connectivity index (χ3n) is 3.37. The van der Waals surface area contributed by atoms with Gasteiger partial charge in [0.2, 0.25) is 11.9 Å². The van der Waals surface area contributed by atoms with Crippen LogP contribution in [0.15, 0.2) is 34.3 Å². The van der Waals surface area contributed by atoms with E-state index in [1.54, 1.807) is 0 Å². The average molecular weight is 270 g/mol. The molecule has 0 aromatic heterocycles. The van der Waals surface area contributed by atoms with Crippen molar-refractivity contribution in [3.8, 4) is 0 Å². The predicted molar refractivity (Wildman–Crippen MR) is 79.2 cm³/mol. The first kappa shape index (κ1) is 12.8. The van der Waals surface area contributed by atoms with Gasteiger partial charge in [0.25, 0.3) is 0 Å². The second kappa shape index (κ2) is 4.44. The average Bonchev–Trinajstić information content (AvgIpc) is 2.87. The second-order valence-corrected chi connectivity index (χ2v) is 6.01. The molecular weight excluding hydrogens is 252 g/mol. The molecule has 5 nitrogen and oxygen atoms in total. The second-order valence-electron chi connectivity index (χ2n) is 6.01. The van der Waals surface area contributed by atoms with Crippen molar-refractivity contribution in [3.05, 3.63) is 29.8 Å². The first-order chi connectivity index (χ1) is 9.47. The highest BCUT2D eigenvalue weighted by Gasteiger charge is 2.32. The van der Waals surface area contributed by atoms with Crippen molar-refractivity contribution in [3.63, 3.8) is 0 Å². The molecule has 1 aromatic rings. The van der Waals surface area contributed by atoms with Crippen LogP contribution in [0, 0.1) is 5.41 Å². The zero-order chi connectivity index (χ0) is 14.3. The number of fused-ring (bicyclic) bond motifs is 3. The first-order valence-electron chi connectivity index (χ1n) is 6.78. The number of hydrogen-bond acceptors (Lipinski definition) is 4. The van der Waals surface area contributed by atoms with Gasteiger partial charge in [0.05, 0.1) is 12.2 Å². The molecule has 2 aliphatic heterocycles. The molecule has 0 saturated heterocycles. The van der Waals surface area contributed by atoms with Gasteiger partial charge in [0, 0.05) is 17.5 Å². The Morgan fingerprint density at radius 3 is 2.80 bits per heavy atom. The van der Waals surface area contributed by atoms with Gasteiger partial charge in [-0.25, -0.2) is 4.99 Å². The van der Waals surface area contributed by atoms with E-state index in [4.69, 9.17) is 0 Å². The molecule has 1 amide bonds. The lowest BCUT2D eigenvalue weighted by Gasteiger charge is -2.29. The number of nitrogens with one attached hydrogen (secondary N) is 1. The number of amides is 1. The van der Waals surface area contributed by atoms with E-state index in [1.165, 1.54) is 0 Å². The molecule has 3 rings (SSSR count). The molecule has 0 atom stereocenters. The van der Waals surface area contributed by atoms with E-state index >= 15 is 0 Å². The van der Waals surface area contributed by atoms with Gasteiger partial charge in [0.1, 0.15) is 5.84 Å². The predicted octanol–water partition coefficient (Wildman–Crippen LogP) is 1.91. The molecule has 0 unspecified atom stereocenters. The molecule has 20 heavy (non-hydrogen) atoms. The maximum Gasteiger partial charge on any atom is 0.232 e. The number of aliphatic imine (C=N–C) groups is 2. The van der Waals surface area contributed by atoms with E-state index in [-0.39, 0.29) is 5.91 Å². The van der Waals surface area contributed by atoms with Crippen molar-refractivity contribution in [1.29, 1.82) is 0 Å². The Morgan fingerprint density at radius 1 is 1.30 bits per heavy atom. The topological polar surface area (TPSA) is 57.1 Å². The van der Waals surface area contributed by atoms with Crippen molar-refractivity contribution >= 4 is 23.4 Å². The summed E-state index contributed by atoms with van der Waals surface area (Å²) in [5, 5.41) is 2.93. The number of rotatable bonds is 0. The molecule has 1 aromatic carbocycles. The molecule has 0 saturated carbocycles. The molecule has 0 aliphatic carbocycles. The molecular formula is C15H18N4O. The summed E-state index contributed by atoms with van der Waals surface area (Å²) >= 11 is 0. The van der Waals surface area contributed by atoms with E-state index in [2.05, 4.69) is 15.3 Å². The Labute approximate surface area is 118 Å². The van der Waals surface area contributed by atoms with Crippen LogP contribution in [-0.2, 0) is 4.79 Å². The molecule has 2 aliphatic rings. The summed E-state index contributed by atoms with van der Waals surface area (Å²) < 4.78 is 0. The summed E-state index contributed by atoms with van der Waals surface area (Å²) in [7, 11) is 0. The van der Waals surface area contributed by atoms with Crippen LogP contribution in [0.1, 0.15) is 26.3 Å². The Morgan fingerprint density at radius 2 is 2.05 bits per heavy atom. The van der Waals surface area contributed by atoms with Crippen molar-refractivity contribution in [1.82, 2.24) is 10.2 Å². The van der Waals surface area contributed by atoms with Crippen LogP contribution in [0.4, 0.5) is 5.69 Å². The van der Waals surface area contributed by atoms with E-state index in [9.17, 15) is 4.79 Å². The van der Waals surface area contributed by atoms with Crippen LogP contribution >= 0.6 is 0 Å². The number of guanidine groups is 1. The summed E-state index contributed by atoms with van der Waals surface area (Å²) in [5.41, 5.74) is 1.43. The summed E-state index contributed by atoms with van der Waals surface area (Å²) in [5.74, 6) is 1.45. The van der Waals surface area contributed by atoms with E-state index in [0.29, 0.717) is 5.96 Å². The zero-order valence-corrected chi connectivity index (χ0v) is 12.0. The molecule has 5 heteroatoms. The Bertz CT molecular complexity index is 625. The molecule has 1 N–H and O–H groups in total. The summed E-state index contributed by atoms with van der Waals surface area (Å²) in [6.07, 6.45) is 0. The van der Waals surface area contributed by atoms with E-state index < -0.39 is 5.41 Å². The number of amidine groups is 1. The molecule has 0 radical (unpaired) electrons. The highest BCUT2D eigenvalue weighted by atomic mass is 16.2. The number of carbonyl (C=O) groups excluding carboxylic acids is 1. The van der Waals surface area contributed by atoms with Gasteiger partial charge in [0.15, 0.2) is 0 Å². The van der Waals surface area contributed by atoms with Crippen LogP contribution in [0.3, 0.4) is 0 Å². The normalized spacial score (nSPS) is 17.1. The quantitative estimate of drug-likeness (QED) is 0.783. The standard InChI is InChI=1S/C15H18N4O/c1-15(2,3)13(20)18-14-17-11-7-5-4-6-10(11)12-16-8-9-19(12)14/h4-7H,8-9H2,1-3H3,(H,17,18,20). The molecule has 0 bridgehead atoms. The number of benzene rings is 1. The number of para-hydroxylation sites is 1. The molecule has 0 spiro atoms. The van der Waals surface area contributed by atoms with Crippen LogP contribution in [0.5, 0.6) is 0 Å². The third-order valence-corrected chi connectivity index (χ3v) is 3.37. The van der Waals surface area contributed by atoms with Crippen molar-refractivity contribution in [2.75, 3.05) is 13.1 Å². The van der Waals surface area contributed by atoms with Crippen molar-refractivity contribution in [2.24, 2.45) is 15.4 Å². The van der Waals surface area contributed by atoms with Gasteiger partial charge in [-0.3, -0.25) is 20.0 Å². The lowest BCUT2D eigenvalue weighted by Crippen LogP contribution is -2.50. The monoisotopic (exact) mass is 270 g/mol. The molecule has 104 valence electrons.